The summed E-state index contributed by atoms with van der Waals surface area (Å²) in [5.74, 6) is 0.895. The summed E-state index contributed by atoms with van der Waals surface area (Å²) in [5.41, 5.74) is 0. The topological polar surface area (TPSA) is 49.3 Å². The van der Waals surface area contributed by atoms with Crippen molar-refractivity contribution in [2.75, 3.05) is 13.1 Å². The van der Waals surface area contributed by atoms with Crippen LogP contribution in [0.15, 0.2) is 11.2 Å². The van der Waals surface area contributed by atoms with Crippen molar-refractivity contribution in [3.05, 3.63) is 16.1 Å². The van der Waals surface area contributed by atoms with Gasteiger partial charge < -0.3 is 10.6 Å². The molecule has 0 amide bonds. The number of unbranched alkanes of at least 4 members (excludes halogenated alkanes) is 1. The van der Waals surface area contributed by atoms with Gasteiger partial charge in [-0.25, -0.2) is 9.98 Å². The van der Waals surface area contributed by atoms with Crippen LogP contribution < -0.4 is 10.6 Å². The van der Waals surface area contributed by atoms with Gasteiger partial charge in [-0.2, -0.15) is 0 Å². The zero-order valence-electron chi connectivity index (χ0n) is 11.3. The van der Waals surface area contributed by atoms with Gasteiger partial charge >= 0.3 is 0 Å². The summed E-state index contributed by atoms with van der Waals surface area (Å²) in [6.45, 7) is 8.85. The van der Waals surface area contributed by atoms with Crippen molar-refractivity contribution in [2.45, 2.75) is 40.2 Å². The summed E-state index contributed by atoms with van der Waals surface area (Å²) < 4.78 is 0. The molecule has 0 fully saturated rings. The molecule has 18 heavy (non-hydrogen) atoms. The van der Waals surface area contributed by atoms with Gasteiger partial charge in [-0.1, -0.05) is 13.3 Å². The van der Waals surface area contributed by atoms with Gasteiger partial charge in [0, 0.05) is 24.2 Å². The quantitative estimate of drug-likeness (QED) is 0.344. The first-order valence-electron chi connectivity index (χ1n) is 6.19. The Morgan fingerprint density at radius 1 is 1.39 bits per heavy atom. The van der Waals surface area contributed by atoms with Crippen LogP contribution in [0.4, 0.5) is 0 Å². The molecule has 0 radical (unpaired) electrons. The minimum absolute atomic E-state index is 0. The highest BCUT2D eigenvalue weighted by molar-refractivity contribution is 14.0. The Morgan fingerprint density at radius 2 is 2.17 bits per heavy atom. The average Bonchev–Trinajstić information content (AvgIpc) is 2.72. The molecular weight excluding hydrogens is 359 g/mol. The molecule has 4 nitrogen and oxygen atoms in total. The monoisotopic (exact) mass is 382 g/mol. The fourth-order valence-corrected chi connectivity index (χ4v) is 2.08. The maximum absolute atomic E-state index is 4.53. The molecule has 0 aliphatic carbocycles. The van der Waals surface area contributed by atoms with E-state index in [4.69, 9.17) is 0 Å². The fourth-order valence-electron chi connectivity index (χ4n) is 1.36. The van der Waals surface area contributed by atoms with Gasteiger partial charge in [-0.3, -0.25) is 0 Å². The SMILES string of the molecule is CCCCNC(=NCc1cnc(C)s1)NCC.I. The van der Waals surface area contributed by atoms with Crippen LogP contribution in [0.2, 0.25) is 0 Å². The third-order valence-corrected chi connectivity index (χ3v) is 3.13. The van der Waals surface area contributed by atoms with Crippen LogP contribution in [0.1, 0.15) is 36.6 Å². The van der Waals surface area contributed by atoms with E-state index in [1.54, 1.807) is 11.3 Å². The molecule has 0 unspecified atom stereocenters. The Bertz CT molecular complexity index is 352. The van der Waals surface area contributed by atoms with Crippen molar-refractivity contribution < 1.29 is 0 Å². The molecule has 0 saturated heterocycles. The predicted molar refractivity (Wildman–Crippen MR) is 90.0 cm³/mol. The lowest BCUT2D eigenvalue weighted by Gasteiger charge is -2.10. The molecule has 0 spiro atoms. The van der Waals surface area contributed by atoms with Gasteiger partial charge in [-0.05, 0) is 20.3 Å². The Morgan fingerprint density at radius 3 is 2.72 bits per heavy atom. The molecule has 1 aromatic rings. The number of aliphatic imine (C=N–C) groups is 1. The summed E-state index contributed by atoms with van der Waals surface area (Å²) in [6.07, 6.45) is 4.27. The lowest BCUT2D eigenvalue weighted by molar-refractivity contribution is 0.730. The molecule has 1 rings (SSSR count). The van der Waals surface area contributed by atoms with Gasteiger partial charge in [0.1, 0.15) is 0 Å². The third kappa shape index (κ3) is 7.15. The molecular formula is C12H23IN4S. The first-order chi connectivity index (χ1) is 8.26. The number of nitrogens with one attached hydrogen (secondary N) is 2. The fraction of sp³-hybridized carbons (Fsp3) is 0.667. The van der Waals surface area contributed by atoms with Crippen molar-refractivity contribution in [2.24, 2.45) is 4.99 Å². The van der Waals surface area contributed by atoms with E-state index in [9.17, 15) is 0 Å². The van der Waals surface area contributed by atoms with Gasteiger partial charge in [0.2, 0.25) is 0 Å². The summed E-state index contributed by atoms with van der Waals surface area (Å²) in [4.78, 5) is 9.96. The van der Waals surface area contributed by atoms with E-state index in [-0.39, 0.29) is 24.0 Å². The first-order valence-corrected chi connectivity index (χ1v) is 7.01. The molecule has 0 aliphatic rings. The highest BCUT2D eigenvalue weighted by Gasteiger charge is 1.99. The smallest absolute Gasteiger partial charge is 0.191 e. The number of guanidine groups is 1. The summed E-state index contributed by atoms with van der Waals surface area (Å²) >= 11 is 1.70. The number of rotatable bonds is 6. The molecule has 0 aliphatic heterocycles. The van der Waals surface area contributed by atoms with Crippen LogP contribution in [0.25, 0.3) is 0 Å². The maximum atomic E-state index is 4.53. The zero-order valence-corrected chi connectivity index (χ0v) is 14.5. The average molecular weight is 382 g/mol. The second-order valence-corrected chi connectivity index (χ2v) is 5.14. The normalized spacial score (nSPS) is 10.9. The standard InChI is InChI=1S/C12H22N4S.HI/c1-4-6-7-14-12(13-5-2)16-9-11-8-15-10(3)17-11;/h8H,4-7,9H2,1-3H3,(H2,13,14,16);1H. The van der Waals surface area contributed by atoms with E-state index in [0.29, 0.717) is 6.54 Å². The number of thiazole rings is 1. The number of aryl methyl sites for hydroxylation is 1. The molecule has 6 heteroatoms. The van der Waals surface area contributed by atoms with Gasteiger partial charge in [0.05, 0.1) is 11.6 Å². The number of hydrogen-bond acceptors (Lipinski definition) is 3. The molecule has 0 aromatic carbocycles. The highest BCUT2D eigenvalue weighted by Crippen LogP contribution is 2.12. The second-order valence-electron chi connectivity index (χ2n) is 3.82. The van der Waals surface area contributed by atoms with Crippen molar-refractivity contribution in [3.63, 3.8) is 0 Å². The number of halogens is 1. The van der Waals surface area contributed by atoms with E-state index >= 15 is 0 Å². The molecule has 1 aromatic heterocycles. The van der Waals surface area contributed by atoms with Gasteiger partial charge in [0.25, 0.3) is 0 Å². The van der Waals surface area contributed by atoms with Gasteiger partial charge in [-0.15, -0.1) is 35.3 Å². The molecule has 0 bridgehead atoms. The van der Waals surface area contributed by atoms with Crippen LogP contribution >= 0.6 is 35.3 Å². The van der Waals surface area contributed by atoms with Crippen molar-refractivity contribution in [3.8, 4) is 0 Å². The third-order valence-electron chi connectivity index (χ3n) is 2.23. The van der Waals surface area contributed by atoms with Crippen LogP contribution in [0.5, 0.6) is 0 Å². The van der Waals surface area contributed by atoms with Crippen LogP contribution in [0.3, 0.4) is 0 Å². The minimum Gasteiger partial charge on any atom is -0.357 e. The van der Waals surface area contributed by atoms with Crippen LogP contribution in [-0.4, -0.2) is 24.0 Å². The van der Waals surface area contributed by atoms with E-state index in [0.717, 1.165) is 24.1 Å². The molecule has 2 N–H and O–H groups in total. The Kier molecular flexibility index (Phi) is 10.3. The number of nitrogens with zero attached hydrogens (tertiary/aromatic N) is 2. The maximum Gasteiger partial charge on any atom is 0.191 e. The zero-order chi connectivity index (χ0) is 12.5. The lowest BCUT2D eigenvalue weighted by Crippen LogP contribution is -2.37. The van der Waals surface area contributed by atoms with Crippen LogP contribution in [0, 0.1) is 6.92 Å². The molecule has 104 valence electrons. The molecule has 1 heterocycles. The van der Waals surface area contributed by atoms with Crippen molar-refractivity contribution >= 4 is 41.3 Å². The first kappa shape index (κ1) is 17.6. The van der Waals surface area contributed by atoms with Crippen molar-refractivity contribution in [1.82, 2.24) is 15.6 Å². The minimum atomic E-state index is 0. The molecule has 0 saturated carbocycles. The number of aromatic nitrogens is 1. The van der Waals surface area contributed by atoms with E-state index in [2.05, 4.69) is 34.5 Å². The van der Waals surface area contributed by atoms with E-state index < -0.39 is 0 Å². The lowest BCUT2D eigenvalue weighted by atomic mass is 10.3. The Hall–Kier alpha value is -0.370. The van der Waals surface area contributed by atoms with Crippen molar-refractivity contribution in [1.29, 1.82) is 0 Å². The predicted octanol–water partition coefficient (Wildman–Crippen LogP) is 2.92. The van der Waals surface area contributed by atoms with Crippen LogP contribution in [-0.2, 0) is 6.54 Å². The Labute approximate surface area is 131 Å². The van der Waals surface area contributed by atoms with E-state index in [1.165, 1.54) is 17.7 Å². The molecule has 0 atom stereocenters. The largest absolute Gasteiger partial charge is 0.357 e. The Balaban J connectivity index is 0.00000289. The summed E-state index contributed by atoms with van der Waals surface area (Å²) in [7, 11) is 0. The highest BCUT2D eigenvalue weighted by atomic mass is 127. The number of hydrogen-bond donors (Lipinski definition) is 2. The van der Waals surface area contributed by atoms with Gasteiger partial charge in [0.15, 0.2) is 5.96 Å². The second kappa shape index (κ2) is 10.5. The summed E-state index contributed by atoms with van der Waals surface area (Å²) in [6, 6.07) is 0. The van der Waals surface area contributed by atoms with E-state index in [1.807, 2.05) is 13.1 Å². The summed E-state index contributed by atoms with van der Waals surface area (Å²) in [5, 5.41) is 7.66.